The fraction of sp³-hybridized carbons (Fsp3) is 0.368. The van der Waals surface area contributed by atoms with E-state index >= 15 is 0 Å². The Hall–Kier alpha value is -2.34. The Kier molecular flexibility index (Phi) is 4.21. The highest BCUT2D eigenvalue weighted by atomic mass is 32.1. The van der Waals surface area contributed by atoms with E-state index in [2.05, 4.69) is 10.3 Å². The molecule has 1 saturated carbocycles. The van der Waals surface area contributed by atoms with Gasteiger partial charge in [0.2, 0.25) is 5.91 Å². The average molecular weight is 356 g/mol. The molecular formula is C19H20N2O3S. The Balaban J connectivity index is 1.38. The minimum atomic E-state index is -0.0539. The number of amides is 1. The van der Waals surface area contributed by atoms with E-state index in [9.17, 15) is 4.79 Å². The molecule has 0 saturated heterocycles. The van der Waals surface area contributed by atoms with E-state index in [1.54, 1.807) is 11.3 Å². The molecule has 3 aromatic rings. The molecule has 2 aromatic heterocycles. The molecule has 0 bridgehead atoms. The molecule has 0 radical (unpaired) electrons. The fourth-order valence-electron chi connectivity index (χ4n) is 2.98. The van der Waals surface area contributed by atoms with Crippen LogP contribution in [-0.4, -0.2) is 17.5 Å². The Morgan fingerprint density at radius 1 is 1.40 bits per heavy atom. The van der Waals surface area contributed by atoms with Crippen molar-refractivity contribution >= 4 is 28.3 Å². The summed E-state index contributed by atoms with van der Waals surface area (Å²) in [6.45, 7) is 4.61. The van der Waals surface area contributed by atoms with Gasteiger partial charge >= 0.3 is 0 Å². The van der Waals surface area contributed by atoms with E-state index in [4.69, 9.17) is 9.15 Å². The summed E-state index contributed by atoms with van der Waals surface area (Å²) in [5.41, 5.74) is 1.62. The molecule has 1 aromatic carbocycles. The molecule has 2 unspecified atom stereocenters. The van der Waals surface area contributed by atoms with E-state index in [-0.39, 0.29) is 23.8 Å². The number of benzene rings is 1. The molecule has 1 N–H and O–H groups in total. The van der Waals surface area contributed by atoms with Crippen LogP contribution in [0.15, 0.2) is 40.8 Å². The molecule has 4 rings (SSSR count). The SMILES string of the molecule is CCOc1ccc([C@@H](C)NC(=O)C2CC2c2nc3ccccc3o2)s1. The lowest BCUT2D eigenvalue weighted by atomic mass is 10.2. The van der Waals surface area contributed by atoms with Crippen molar-refractivity contribution in [2.24, 2.45) is 5.92 Å². The third-order valence-corrected chi connectivity index (χ3v) is 5.61. The molecule has 130 valence electrons. The van der Waals surface area contributed by atoms with Gasteiger partial charge in [0.1, 0.15) is 5.52 Å². The van der Waals surface area contributed by atoms with Crippen molar-refractivity contribution in [3.8, 4) is 5.06 Å². The number of hydrogen-bond donors (Lipinski definition) is 1. The molecule has 1 aliphatic rings. The zero-order chi connectivity index (χ0) is 17.4. The van der Waals surface area contributed by atoms with Gasteiger partial charge in [-0.15, -0.1) is 11.3 Å². The summed E-state index contributed by atoms with van der Waals surface area (Å²) in [5.74, 6) is 0.763. The number of fused-ring (bicyclic) bond motifs is 1. The van der Waals surface area contributed by atoms with Gasteiger partial charge in [-0.05, 0) is 44.5 Å². The molecule has 0 aliphatic heterocycles. The van der Waals surface area contributed by atoms with Crippen molar-refractivity contribution in [3.63, 3.8) is 0 Å². The number of nitrogens with zero attached hydrogens (tertiary/aromatic N) is 1. The second-order valence-electron chi connectivity index (χ2n) is 6.29. The lowest BCUT2D eigenvalue weighted by Gasteiger charge is -2.11. The zero-order valence-electron chi connectivity index (χ0n) is 14.2. The van der Waals surface area contributed by atoms with E-state index in [0.29, 0.717) is 12.5 Å². The van der Waals surface area contributed by atoms with Crippen LogP contribution >= 0.6 is 11.3 Å². The summed E-state index contributed by atoms with van der Waals surface area (Å²) >= 11 is 1.57. The van der Waals surface area contributed by atoms with Crippen LogP contribution in [0.25, 0.3) is 11.1 Å². The summed E-state index contributed by atoms with van der Waals surface area (Å²) < 4.78 is 11.3. The molecule has 0 spiro atoms. The van der Waals surface area contributed by atoms with Crippen LogP contribution in [0, 0.1) is 5.92 Å². The van der Waals surface area contributed by atoms with Crippen LogP contribution in [0.3, 0.4) is 0 Å². The summed E-state index contributed by atoms with van der Waals surface area (Å²) in [7, 11) is 0. The summed E-state index contributed by atoms with van der Waals surface area (Å²) in [6.07, 6.45) is 0.792. The van der Waals surface area contributed by atoms with Gasteiger partial charge in [0, 0.05) is 10.8 Å². The van der Waals surface area contributed by atoms with Gasteiger partial charge in [-0.25, -0.2) is 4.98 Å². The first kappa shape index (κ1) is 16.1. The van der Waals surface area contributed by atoms with E-state index in [0.717, 1.165) is 27.5 Å². The number of thiophene rings is 1. The van der Waals surface area contributed by atoms with Crippen molar-refractivity contribution in [2.75, 3.05) is 6.61 Å². The van der Waals surface area contributed by atoms with Gasteiger partial charge in [-0.3, -0.25) is 4.79 Å². The second-order valence-corrected chi connectivity index (χ2v) is 7.37. The van der Waals surface area contributed by atoms with Crippen molar-refractivity contribution in [3.05, 3.63) is 47.2 Å². The molecule has 1 fully saturated rings. The first-order valence-corrected chi connectivity index (χ1v) is 9.35. The van der Waals surface area contributed by atoms with Crippen LogP contribution in [0.4, 0.5) is 0 Å². The molecular weight excluding hydrogens is 336 g/mol. The highest BCUT2D eigenvalue weighted by molar-refractivity contribution is 7.13. The smallest absolute Gasteiger partial charge is 0.224 e. The topological polar surface area (TPSA) is 64.4 Å². The minimum Gasteiger partial charge on any atom is -0.484 e. The first-order chi connectivity index (χ1) is 12.2. The van der Waals surface area contributed by atoms with Gasteiger partial charge in [0.15, 0.2) is 16.5 Å². The largest absolute Gasteiger partial charge is 0.484 e. The normalized spacial score (nSPS) is 20.4. The quantitative estimate of drug-likeness (QED) is 0.716. The number of para-hydroxylation sites is 2. The van der Waals surface area contributed by atoms with Crippen molar-refractivity contribution < 1.29 is 13.9 Å². The Bertz CT molecular complexity index is 868. The predicted molar refractivity (Wildman–Crippen MR) is 96.9 cm³/mol. The van der Waals surface area contributed by atoms with Gasteiger partial charge in [-0.2, -0.15) is 0 Å². The second kappa shape index (κ2) is 6.52. The summed E-state index contributed by atoms with van der Waals surface area (Å²) in [6, 6.07) is 11.6. The number of hydrogen-bond acceptors (Lipinski definition) is 5. The molecule has 2 heterocycles. The number of carbonyl (C=O) groups is 1. The fourth-order valence-corrected chi connectivity index (χ4v) is 3.90. The maximum absolute atomic E-state index is 12.5. The van der Waals surface area contributed by atoms with Crippen LogP contribution in [0.2, 0.25) is 0 Å². The molecule has 1 aliphatic carbocycles. The summed E-state index contributed by atoms with van der Waals surface area (Å²) in [4.78, 5) is 18.1. The minimum absolute atomic E-state index is 0.0309. The molecule has 5 nitrogen and oxygen atoms in total. The van der Waals surface area contributed by atoms with Crippen LogP contribution in [-0.2, 0) is 4.79 Å². The maximum atomic E-state index is 12.5. The Morgan fingerprint density at radius 3 is 3.04 bits per heavy atom. The summed E-state index contributed by atoms with van der Waals surface area (Å²) in [5, 5.41) is 3.98. The Morgan fingerprint density at radius 2 is 2.24 bits per heavy atom. The number of aromatic nitrogens is 1. The van der Waals surface area contributed by atoms with E-state index in [1.807, 2.05) is 50.2 Å². The van der Waals surface area contributed by atoms with Crippen LogP contribution in [0.1, 0.15) is 43.0 Å². The highest BCUT2D eigenvalue weighted by Gasteiger charge is 2.47. The molecule has 3 atom stereocenters. The lowest BCUT2D eigenvalue weighted by Crippen LogP contribution is -2.27. The van der Waals surface area contributed by atoms with Gasteiger partial charge in [0.25, 0.3) is 0 Å². The van der Waals surface area contributed by atoms with Crippen molar-refractivity contribution in [2.45, 2.75) is 32.2 Å². The number of ether oxygens (including phenoxy) is 1. The molecule has 6 heteroatoms. The van der Waals surface area contributed by atoms with E-state index in [1.165, 1.54) is 0 Å². The number of nitrogens with one attached hydrogen (secondary N) is 1. The number of carbonyl (C=O) groups excluding carboxylic acids is 1. The third kappa shape index (κ3) is 3.26. The van der Waals surface area contributed by atoms with Crippen LogP contribution < -0.4 is 10.1 Å². The monoisotopic (exact) mass is 356 g/mol. The van der Waals surface area contributed by atoms with E-state index < -0.39 is 0 Å². The lowest BCUT2D eigenvalue weighted by molar-refractivity contribution is -0.123. The predicted octanol–water partition coefficient (Wildman–Crippen LogP) is 4.27. The van der Waals surface area contributed by atoms with Crippen molar-refractivity contribution in [1.82, 2.24) is 10.3 Å². The van der Waals surface area contributed by atoms with Crippen molar-refractivity contribution in [1.29, 1.82) is 0 Å². The average Bonchev–Trinajstić information content (AvgIpc) is 3.07. The Labute approximate surface area is 150 Å². The molecule has 1 amide bonds. The van der Waals surface area contributed by atoms with Gasteiger partial charge in [-0.1, -0.05) is 12.1 Å². The zero-order valence-corrected chi connectivity index (χ0v) is 15.0. The highest BCUT2D eigenvalue weighted by Crippen LogP contribution is 2.48. The molecule has 25 heavy (non-hydrogen) atoms. The standard InChI is InChI=1S/C19H20N2O3S/c1-3-23-17-9-8-16(25-17)11(2)20-18(22)12-10-13(12)19-21-14-6-4-5-7-15(14)24-19/h4-9,11-13H,3,10H2,1-2H3,(H,20,22)/t11-,12?,13?/m1/s1. The first-order valence-electron chi connectivity index (χ1n) is 8.54. The van der Waals surface area contributed by atoms with Gasteiger partial charge < -0.3 is 14.5 Å². The number of rotatable bonds is 6. The van der Waals surface area contributed by atoms with Crippen LogP contribution in [0.5, 0.6) is 5.06 Å². The number of oxazole rings is 1. The third-order valence-electron chi connectivity index (χ3n) is 4.43. The maximum Gasteiger partial charge on any atom is 0.224 e. The van der Waals surface area contributed by atoms with Gasteiger partial charge in [0.05, 0.1) is 18.6 Å².